The molecule has 0 bridgehead atoms. The minimum absolute atomic E-state index is 0.0255. The second-order valence-corrected chi connectivity index (χ2v) is 5.52. The third-order valence-electron chi connectivity index (χ3n) is 3.85. The number of halogens is 1. The van der Waals surface area contributed by atoms with E-state index in [4.69, 9.17) is 9.84 Å². The van der Waals surface area contributed by atoms with E-state index in [0.29, 0.717) is 31.2 Å². The van der Waals surface area contributed by atoms with Gasteiger partial charge < -0.3 is 9.84 Å². The third-order valence-corrected chi connectivity index (χ3v) is 3.85. The fourth-order valence-electron chi connectivity index (χ4n) is 2.52. The Kier molecular flexibility index (Phi) is 5.85. The van der Waals surface area contributed by atoms with Crippen molar-refractivity contribution < 1.29 is 19.0 Å². The molecule has 116 valence electrons. The first-order chi connectivity index (χ1) is 10.1. The smallest absolute Gasteiger partial charge is 0.162 e. The highest BCUT2D eigenvalue weighted by Gasteiger charge is 2.25. The molecule has 1 saturated heterocycles. The Balaban J connectivity index is 1.78. The van der Waals surface area contributed by atoms with E-state index in [9.17, 15) is 9.18 Å². The fraction of sp³-hybridized carbons (Fsp3) is 0.562. The van der Waals surface area contributed by atoms with Gasteiger partial charge in [0.1, 0.15) is 5.82 Å². The number of carbonyl (C=O) groups excluding carboxylic acids is 1. The number of ketones is 1. The van der Waals surface area contributed by atoms with Gasteiger partial charge in [-0.15, -0.1) is 0 Å². The van der Waals surface area contributed by atoms with Gasteiger partial charge in [-0.2, -0.15) is 0 Å². The largest absolute Gasteiger partial charge is 0.394 e. The van der Waals surface area contributed by atoms with Crippen LogP contribution in [-0.2, 0) is 4.74 Å². The number of Topliss-reactive ketones (excluding diaryl/α,β-unsaturated/α-hetero) is 1. The minimum atomic E-state index is -0.330. The number of aliphatic hydroxyl groups is 1. The first-order valence-corrected chi connectivity index (χ1v) is 7.35. The van der Waals surface area contributed by atoms with Crippen LogP contribution in [0, 0.1) is 5.82 Å². The van der Waals surface area contributed by atoms with Crippen molar-refractivity contribution in [3.05, 3.63) is 35.6 Å². The first kappa shape index (κ1) is 16.1. The highest BCUT2D eigenvalue weighted by atomic mass is 19.1. The van der Waals surface area contributed by atoms with Crippen LogP contribution in [0.5, 0.6) is 0 Å². The molecular formula is C16H22FNO3. The molecule has 1 aromatic carbocycles. The van der Waals surface area contributed by atoms with Gasteiger partial charge in [-0.05, 0) is 44.2 Å². The topological polar surface area (TPSA) is 49.8 Å². The second kappa shape index (κ2) is 7.64. The van der Waals surface area contributed by atoms with Gasteiger partial charge >= 0.3 is 0 Å². The van der Waals surface area contributed by atoms with Crippen molar-refractivity contribution in [2.75, 3.05) is 26.3 Å². The molecule has 4 nitrogen and oxygen atoms in total. The Morgan fingerprint density at radius 1 is 1.43 bits per heavy atom. The Labute approximate surface area is 124 Å². The molecule has 1 heterocycles. The van der Waals surface area contributed by atoms with Gasteiger partial charge in [0.15, 0.2) is 5.78 Å². The average Bonchev–Trinajstić information content (AvgIpc) is 2.49. The van der Waals surface area contributed by atoms with E-state index in [1.54, 1.807) is 0 Å². The third kappa shape index (κ3) is 4.59. The molecule has 1 N–H and O–H groups in total. The van der Waals surface area contributed by atoms with Crippen LogP contribution in [0.1, 0.15) is 30.1 Å². The molecule has 1 aromatic rings. The molecule has 5 heteroatoms. The number of ether oxygens (including phenoxy) is 1. The van der Waals surface area contributed by atoms with Crippen LogP contribution in [0.25, 0.3) is 0 Å². The van der Waals surface area contributed by atoms with Crippen molar-refractivity contribution in [3.8, 4) is 0 Å². The predicted octanol–water partition coefficient (Wildman–Crippen LogP) is 1.87. The molecule has 2 rings (SSSR count). The molecule has 0 aromatic heterocycles. The Morgan fingerprint density at radius 2 is 2.14 bits per heavy atom. The summed E-state index contributed by atoms with van der Waals surface area (Å²) in [6, 6.07) is 5.97. The normalized spacial score (nSPS) is 23.2. The zero-order chi connectivity index (χ0) is 15.2. The highest BCUT2D eigenvalue weighted by molar-refractivity contribution is 5.95. The van der Waals surface area contributed by atoms with Gasteiger partial charge in [0, 0.05) is 24.6 Å². The lowest BCUT2D eigenvalue weighted by molar-refractivity contribution is -0.0778. The van der Waals surface area contributed by atoms with E-state index in [0.717, 1.165) is 13.0 Å². The van der Waals surface area contributed by atoms with E-state index in [-0.39, 0.29) is 24.3 Å². The van der Waals surface area contributed by atoms with Crippen molar-refractivity contribution in [1.29, 1.82) is 0 Å². The summed E-state index contributed by atoms with van der Waals surface area (Å²) in [5, 5.41) is 9.14. The van der Waals surface area contributed by atoms with E-state index >= 15 is 0 Å². The van der Waals surface area contributed by atoms with Gasteiger partial charge in [0.2, 0.25) is 0 Å². The van der Waals surface area contributed by atoms with Crippen LogP contribution in [0.15, 0.2) is 24.3 Å². The van der Waals surface area contributed by atoms with E-state index in [1.807, 2.05) is 0 Å². The maximum atomic E-state index is 12.8. The molecule has 0 aliphatic carbocycles. The van der Waals surface area contributed by atoms with Gasteiger partial charge in [0.05, 0.1) is 19.3 Å². The van der Waals surface area contributed by atoms with E-state index in [1.165, 1.54) is 24.3 Å². The van der Waals surface area contributed by atoms with Crippen LogP contribution < -0.4 is 0 Å². The summed E-state index contributed by atoms with van der Waals surface area (Å²) < 4.78 is 18.3. The summed E-state index contributed by atoms with van der Waals surface area (Å²) in [7, 11) is 0. The summed E-state index contributed by atoms with van der Waals surface area (Å²) in [5.41, 5.74) is 0.555. The lowest BCUT2D eigenvalue weighted by Crippen LogP contribution is -2.49. The SMILES string of the molecule is CC1COC(CO)CN1CCCC(=O)c1ccc(F)cc1. The minimum Gasteiger partial charge on any atom is -0.394 e. The summed E-state index contributed by atoms with van der Waals surface area (Å²) in [4.78, 5) is 14.2. The summed E-state index contributed by atoms with van der Waals surface area (Å²) >= 11 is 0. The predicted molar refractivity (Wildman–Crippen MR) is 77.8 cm³/mol. The zero-order valence-electron chi connectivity index (χ0n) is 12.3. The molecule has 21 heavy (non-hydrogen) atoms. The maximum absolute atomic E-state index is 12.8. The number of rotatable bonds is 6. The number of aliphatic hydroxyl groups excluding tert-OH is 1. The lowest BCUT2D eigenvalue weighted by atomic mass is 10.1. The van der Waals surface area contributed by atoms with Crippen molar-refractivity contribution in [2.45, 2.75) is 31.9 Å². The Bertz CT molecular complexity index is 463. The average molecular weight is 295 g/mol. The summed E-state index contributed by atoms with van der Waals surface area (Å²) in [6.07, 6.45) is 1.06. The van der Waals surface area contributed by atoms with Crippen molar-refractivity contribution in [2.24, 2.45) is 0 Å². The van der Waals surface area contributed by atoms with Crippen LogP contribution in [0.4, 0.5) is 4.39 Å². The fourth-order valence-corrected chi connectivity index (χ4v) is 2.52. The van der Waals surface area contributed by atoms with Crippen molar-refractivity contribution in [1.82, 2.24) is 4.90 Å². The number of carbonyl (C=O) groups is 1. The molecule has 1 aliphatic heterocycles. The van der Waals surface area contributed by atoms with Crippen molar-refractivity contribution in [3.63, 3.8) is 0 Å². The standard InChI is InChI=1S/C16H22FNO3/c1-12-11-21-15(10-19)9-18(12)8-2-3-16(20)13-4-6-14(17)7-5-13/h4-7,12,15,19H,2-3,8-11H2,1H3. The molecule has 0 amide bonds. The van der Waals surface area contributed by atoms with E-state index < -0.39 is 0 Å². The lowest BCUT2D eigenvalue weighted by Gasteiger charge is -2.37. The number of benzene rings is 1. The van der Waals surface area contributed by atoms with Gasteiger partial charge in [0.25, 0.3) is 0 Å². The van der Waals surface area contributed by atoms with Crippen LogP contribution in [-0.4, -0.2) is 54.2 Å². The Morgan fingerprint density at radius 3 is 2.81 bits per heavy atom. The highest BCUT2D eigenvalue weighted by Crippen LogP contribution is 2.13. The van der Waals surface area contributed by atoms with Gasteiger partial charge in [-0.25, -0.2) is 4.39 Å². The van der Waals surface area contributed by atoms with Gasteiger partial charge in [-0.1, -0.05) is 0 Å². The molecule has 1 aliphatic rings. The monoisotopic (exact) mass is 295 g/mol. The molecule has 1 fully saturated rings. The van der Waals surface area contributed by atoms with Crippen LogP contribution in [0.3, 0.4) is 0 Å². The quantitative estimate of drug-likeness (QED) is 0.814. The van der Waals surface area contributed by atoms with E-state index in [2.05, 4.69) is 11.8 Å². The number of nitrogens with zero attached hydrogens (tertiary/aromatic N) is 1. The second-order valence-electron chi connectivity index (χ2n) is 5.52. The molecule has 0 radical (unpaired) electrons. The maximum Gasteiger partial charge on any atom is 0.162 e. The Hall–Kier alpha value is -1.30. The number of hydrogen-bond acceptors (Lipinski definition) is 4. The van der Waals surface area contributed by atoms with Crippen LogP contribution in [0.2, 0.25) is 0 Å². The molecule has 0 spiro atoms. The molecular weight excluding hydrogens is 273 g/mol. The van der Waals surface area contributed by atoms with Crippen molar-refractivity contribution >= 4 is 5.78 Å². The van der Waals surface area contributed by atoms with Crippen LogP contribution >= 0.6 is 0 Å². The number of hydrogen-bond donors (Lipinski definition) is 1. The summed E-state index contributed by atoms with van der Waals surface area (Å²) in [6.45, 7) is 4.21. The summed E-state index contributed by atoms with van der Waals surface area (Å²) in [5.74, 6) is -0.293. The zero-order valence-corrected chi connectivity index (χ0v) is 12.3. The first-order valence-electron chi connectivity index (χ1n) is 7.35. The molecule has 0 saturated carbocycles. The molecule has 2 unspecified atom stereocenters. The number of morpholine rings is 1. The molecule has 2 atom stereocenters. The van der Waals surface area contributed by atoms with Gasteiger partial charge in [-0.3, -0.25) is 9.69 Å².